The third kappa shape index (κ3) is 5.75. The smallest absolute Gasteiger partial charge is 0.132 e. The molecular formula is C22H30ClN3O2S2. The maximum atomic E-state index is 11.8. The number of morpholine rings is 1. The van der Waals surface area contributed by atoms with Crippen molar-refractivity contribution in [1.29, 1.82) is 0 Å². The number of nitrogens with zero attached hydrogens (tertiary/aromatic N) is 3. The fourth-order valence-electron chi connectivity index (χ4n) is 4.79. The summed E-state index contributed by atoms with van der Waals surface area (Å²) < 4.78 is 17.9. The van der Waals surface area contributed by atoms with Crippen molar-refractivity contribution in [3.63, 3.8) is 0 Å². The monoisotopic (exact) mass is 467 g/mol. The van der Waals surface area contributed by atoms with Gasteiger partial charge in [0.2, 0.25) is 0 Å². The van der Waals surface area contributed by atoms with E-state index in [1.54, 1.807) is 17.6 Å². The first kappa shape index (κ1) is 22.5. The van der Waals surface area contributed by atoms with E-state index in [0.29, 0.717) is 30.4 Å². The Morgan fingerprint density at radius 1 is 1.20 bits per heavy atom. The van der Waals surface area contributed by atoms with Gasteiger partial charge in [0.1, 0.15) is 21.9 Å². The molecule has 0 bridgehead atoms. The van der Waals surface area contributed by atoms with Crippen molar-refractivity contribution >= 4 is 34.1 Å². The van der Waals surface area contributed by atoms with E-state index in [1.807, 2.05) is 19.1 Å². The van der Waals surface area contributed by atoms with Crippen LogP contribution in [-0.2, 0) is 22.3 Å². The van der Waals surface area contributed by atoms with Gasteiger partial charge in [-0.05, 0) is 56.7 Å². The Bertz CT molecular complexity index is 809. The van der Waals surface area contributed by atoms with Gasteiger partial charge in [0, 0.05) is 29.6 Å². The molecule has 3 atom stereocenters. The molecule has 30 heavy (non-hydrogen) atoms. The first-order valence-electron chi connectivity index (χ1n) is 10.7. The SMILES string of the molecule is Cc1nnc(C2CCC(N3CC(C[S+](C)[O-])OCC3Cc3ccc(Cl)cc3)CC2)s1. The summed E-state index contributed by atoms with van der Waals surface area (Å²) in [7, 11) is 0. The summed E-state index contributed by atoms with van der Waals surface area (Å²) in [5.41, 5.74) is 1.29. The Balaban J connectivity index is 1.43. The van der Waals surface area contributed by atoms with Crippen LogP contribution < -0.4 is 0 Å². The van der Waals surface area contributed by atoms with Gasteiger partial charge in [0.05, 0.1) is 12.9 Å². The van der Waals surface area contributed by atoms with E-state index in [2.05, 4.69) is 27.2 Å². The van der Waals surface area contributed by atoms with Crippen molar-refractivity contribution in [2.45, 2.75) is 63.1 Å². The minimum atomic E-state index is -0.843. The molecule has 1 aliphatic carbocycles. The molecule has 1 saturated carbocycles. The molecule has 4 rings (SSSR count). The van der Waals surface area contributed by atoms with Crippen molar-refractivity contribution in [1.82, 2.24) is 15.1 Å². The highest BCUT2D eigenvalue weighted by atomic mass is 35.5. The quantitative estimate of drug-likeness (QED) is 0.595. The molecule has 2 aromatic rings. The number of rotatable bonds is 6. The Hall–Kier alpha value is -0.700. The van der Waals surface area contributed by atoms with Crippen LogP contribution in [0.3, 0.4) is 0 Å². The maximum Gasteiger partial charge on any atom is 0.132 e. The van der Waals surface area contributed by atoms with Crippen LogP contribution in [0.25, 0.3) is 0 Å². The predicted molar refractivity (Wildman–Crippen MR) is 124 cm³/mol. The Morgan fingerprint density at radius 2 is 1.93 bits per heavy atom. The molecule has 0 N–H and O–H groups in total. The van der Waals surface area contributed by atoms with Crippen LogP contribution in [0.5, 0.6) is 0 Å². The normalized spacial score (nSPS) is 29.1. The minimum absolute atomic E-state index is 0.0563. The third-order valence-corrected chi connectivity index (χ3v) is 8.36. The van der Waals surface area contributed by atoms with E-state index >= 15 is 0 Å². The maximum absolute atomic E-state index is 11.8. The lowest BCUT2D eigenvalue weighted by atomic mass is 9.84. The Morgan fingerprint density at radius 3 is 2.57 bits per heavy atom. The van der Waals surface area contributed by atoms with Gasteiger partial charge >= 0.3 is 0 Å². The van der Waals surface area contributed by atoms with Crippen molar-refractivity contribution in [2.24, 2.45) is 0 Å². The van der Waals surface area contributed by atoms with Gasteiger partial charge in [-0.25, -0.2) is 0 Å². The molecular weight excluding hydrogens is 438 g/mol. The van der Waals surface area contributed by atoms with Gasteiger partial charge in [-0.15, -0.1) is 21.5 Å². The number of halogens is 1. The zero-order valence-electron chi connectivity index (χ0n) is 17.6. The second kappa shape index (κ2) is 10.3. The predicted octanol–water partition coefficient (Wildman–Crippen LogP) is 4.22. The molecule has 1 aliphatic heterocycles. The van der Waals surface area contributed by atoms with E-state index in [0.717, 1.165) is 35.8 Å². The summed E-state index contributed by atoms with van der Waals surface area (Å²) in [5, 5.41) is 11.6. The van der Waals surface area contributed by atoms with Crippen molar-refractivity contribution < 1.29 is 9.29 Å². The van der Waals surface area contributed by atoms with E-state index in [9.17, 15) is 4.55 Å². The zero-order valence-corrected chi connectivity index (χ0v) is 20.0. The van der Waals surface area contributed by atoms with E-state index in [4.69, 9.17) is 16.3 Å². The summed E-state index contributed by atoms with van der Waals surface area (Å²) in [6, 6.07) is 9.04. The lowest BCUT2D eigenvalue weighted by Crippen LogP contribution is -2.56. The molecule has 3 unspecified atom stereocenters. The van der Waals surface area contributed by atoms with Crippen LogP contribution in [0.2, 0.25) is 5.02 Å². The molecule has 2 heterocycles. The number of hydrogen-bond acceptors (Lipinski definition) is 6. The molecule has 0 radical (unpaired) electrons. The number of benzene rings is 1. The minimum Gasteiger partial charge on any atom is -0.616 e. The summed E-state index contributed by atoms with van der Waals surface area (Å²) in [4.78, 5) is 2.65. The van der Waals surface area contributed by atoms with Gasteiger partial charge in [-0.1, -0.05) is 34.9 Å². The van der Waals surface area contributed by atoms with Crippen LogP contribution in [0.15, 0.2) is 24.3 Å². The average Bonchev–Trinajstić information content (AvgIpc) is 3.17. The van der Waals surface area contributed by atoms with Crippen LogP contribution in [0.1, 0.15) is 47.2 Å². The standard InChI is InChI=1S/C22H30ClN3O2S2/c1-15-24-25-22(29-15)17-5-9-19(10-6-17)26-12-21(14-30(2)27)28-13-20(26)11-16-3-7-18(23)8-4-16/h3-4,7-8,17,19-21H,5-6,9-14H2,1-2H3. The van der Waals surface area contributed by atoms with Crippen LogP contribution >= 0.6 is 22.9 Å². The van der Waals surface area contributed by atoms with E-state index < -0.39 is 11.2 Å². The highest BCUT2D eigenvalue weighted by Gasteiger charge is 2.37. The van der Waals surface area contributed by atoms with Gasteiger partial charge in [-0.2, -0.15) is 0 Å². The molecule has 5 nitrogen and oxygen atoms in total. The number of aryl methyl sites for hydroxylation is 1. The van der Waals surface area contributed by atoms with Gasteiger partial charge in [0.25, 0.3) is 0 Å². The summed E-state index contributed by atoms with van der Waals surface area (Å²) in [5.74, 6) is 1.16. The molecule has 1 saturated heterocycles. The van der Waals surface area contributed by atoms with Gasteiger partial charge in [-0.3, -0.25) is 4.90 Å². The summed E-state index contributed by atoms with van der Waals surface area (Å²) in [6.07, 6.45) is 7.44. The molecule has 0 spiro atoms. The van der Waals surface area contributed by atoms with Gasteiger partial charge < -0.3 is 9.29 Å². The molecule has 1 aromatic heterocycles. The number of ether oxygens (including phenoxy) is 1. The lowest BCUT2D eigenvalue weighted by Gasteiger charge is -2.46. The topological polar surface area (TPSA) is 61.3 Å². The molecule has 8 heteroatoms. The molecule has 1 aromatic carbocycles. The van der Waals surface area contributed by atoms with Crippen molar-refractivity contribution in [3.05, 3.63) is 44.9 Å². The first-order chi connectivity index (χ1) is 14.5. The number of hydrogen-bond donors (Lipinski definition) is 0. The molecule has 0 amide bonds. The van der Waals surface area contributed by atoms with Gasteiger partial charge in [0.15, 0.2) is 0 Å². The highest BCUT2D eigenvalue weighted by molar-refractivity contribution is 7.90. The van der Waals surface area contributed by atoms with Crippen molar-refractivity contribution in [3.8, 4) is 0 Å². The van der Waals surface area contributed by atoms with Crippen LogP contribution in [0.4, 0.5) is 0 Å². The fourth-order valence-corrected chi connectivity index (χ4v) is 6.51. The molecule has 164 valence electrons. The first-order valence-corrected chi connectivity index (χ1v) is 13.6. The number of aromatic nitrogens is 2. The Labute approximate surface area is 191 Å². The van der Waals surface area contributed by atoms with E-state index in [-0.39, 0.29) is 6.10 Å². The average molecular weight is 468 g/mol. The highest BCUT2D eigenvalue weighted by Crippen LogP contribution is 2.37. The molecule has 2 aliphatic rings. The lowest BCUT2D eigenvalue weighted by molar-refractivity contribution is -0.0755. The van der Waals surface area contributed by atoms with E-state index in [1.165, 1.54) is 23.4 Å². The fraction of sp³-hybridized carbons (Fsp3) is 0.636. The Kier molecular flexibility index (Phi) is 7.71. The van der Waals surface area contributed by atoms with Crippen LogP contribution in [-0.4, -0.2) is 63.0 Å². The molecule has 2 fully saturated rings. The van der Waals surface area contributed by atoms with Crippen LogP contribution in [0, 0.1) is 6.92 Å². The third-order valence-electron chi connectivity index (χ3n) is 6.27. The largest absolute Gasteiger partial charge is 0.616 e. The van der Waals surface area contributed by atoms with Crippen molar-refractivity contribution in [2.75, 3.05) is 25.2 Å². The summed E-state index contributed by atoms with van der Waals surface area (Å²) in [6.45, 7) is 3.59. The summed E-state index contributed by atoms with van der Waals surface area (Å²) >= 11 is 6.96. The zero-order chi connectivity index (χ0) is 21.1. The second-order valence-electron chi connectivity index (χ2n) is 8.54. The second-order valence-corrected chi connectivity index (χ2v) is 11.7.